The van der Waals surface area contributed by atoms with Crippen molar-refractivity contribution in [3.8, 4) is 6.07 Å². The average molecular weight is 279 g/mol. The van der Waals surface area contributed by atoms with E-state index in [-0.39, 0.29) is 16.2 Å². The third-order valence-electron chi connectivity index (χ3n) is 2.37. The lowest BCUT2D eigenvalue weighted by Gasteiger charge is -2.04. The minimum atomic E-state index is -0.527. The summed E-state index contributed by atoms with van der Waals surface area (Å²) in [6, 6.07) is 8.93. The molecule has 2 aromatic rings. The molecule has 0 aromatic heterocycles. The van der Waals surface area contributed by atoms with Crippen molar-refractivity contribution in [3.63, 3.8) is 0 Å². The van der Waals surface area contributed by atoms with Gasteiger partial charge in [0.25, 0.3) is 0 Å². The van der Waals surface area contributed by atoms with Gasteiger partial charge in [0.2, 0.25) is 0 Å². The molecule has 19 heavy (non-hydrogen) atoms. The molecule has 5 heteroatoms. The molecule has 0 N–H and O–H groups in total. The maximum Gasteiger partial charge on any atom is 0.136 e. The summed E-state index contributed by atoms with van der Waals surface area (Å²) in [7, 11) is 0. The van der Waals surface area contributed by atoms with Gasteiger partial charge in [0.05, 0.1) is 11.6 Å². The summed E-state index contributed by atoms with van der Waals surface area (Å²) in [5.74, 6) is -1.31. The first-order chi connectivity index (χ1) is 9.08. The van der Waals surface area contributed by atoms with Crippen molar-refractivity contribution in [1.29, 1.82) is 5.26 Å². The number of rotatable bonds is 3. The molecule has 1 nitrogen and oxygen atoms in total. The Hall–Kier alpha value is -1.93. The third kappa shape index (κ3) is 3.52. The fraction of sp³-hybridized carbons (Fsp3) is 0.0714. The van der Waals surface area contributed by atoms with Crippen LogP contribution in [0.4, 0.5) is 13.2 Å². The van der Waals surface area contributed by atoms with E-state index in [9.17, 15) is 13.2 Å². The number of nitrogens with zero attached hydrogens (tertiary/aromatic N) is 1. The van der Waals surface area contributed by atoms with Crippen LogP contribution in [0.25, 0.3) is 0 Å². The van der Waals surface area contributed by atoms with E-state index in [1.807, 2.05) is 6.07 Å². The molecule has 0 fully saturated rings. The first kappa shape index (κ1) is 13.5. The lowest BCUT2D eigenvalue weighted by Crippen LogP contribution is -1.88. The summed E-state index contributed by atoms with van der Waals surface area (Å²) in [6.45, 7) is 0. The van der Waals surface area contributed by atoms with E-state index in [1.165, 1.54) is 12.1 Å². The van der Waals surface area contributed by atoms with Crippen LogP contribution in [-0.2, 0) is 5.75 Å². The fourth-order valence-electron chi connectivity index (χ4n) is 1.55. The molecule has 0 unspecified atom stereocenters. The Bertz CT molecular complexity index is 650. The summed E-state index contributed by atoms with van der Waals surface area (Å²) in [5.41, 5.74) is 0.750. The Morgan fingerprint density at radius 1 is 1.00 bits per heavy atom. The van der Waals surface area contributed by atoms with Gasteiger partial charge in [-0.1, -0.05) is 0 Å². The summed E-state index contributed by atoms with van der Waals surface area (Å²) >= 11 is 1.05. The summed E-state index contributed by atoms with van der Waals surface area (Å²) in [5, 5.41) is 8.72. The van der Waals surface area contributed by atoms with Crippen LogP contribution in [0.2, 0.25) is 0 Å². The number of thioether (sulfide) groups is 1. The maximum atomic E-state index is 13.4. The SMILES string of the molecule is N#Cc1cc(F)cc(CSc2cc(F)ccc2F)c1. The van der Waals surface area contributed by atoms with Crippen LogP contribution < -0.4 is 0 Å². The molecule has 0 heterocycles. The van der Waals surface area contributed by atoms with E-state index in [4.69, 9.17) is 5.26 Å². The monoisotopic (exact) mass is 279 g/mol. The van der Waals surface area contributed by atoms with E-state index in [0.29, 0.717) is 5.56 Å². The number of hydrogen-bond donors (Lipinski definition) is 0. The average Bonchev–Trinajstić information content (AvgIpc) is 2.39. The van der Waals surface area contributed by atoms with E-state index >= 15 is 0 Å². The Morgan fingerprint density at radius 3 is 2.53 bits per heavy atom. The quantitative estimate of drug-likeness (QED) is 0.783. The normalized spacial score (nSPS) is 10.2. The molecule has 2 aromatic carbocycles. The van der Waals surface area contributed by atoms with Gasteiger partial charge in [-0.2, -0.15) is 5.26 Å². The highest BCUT2D eigenvalue weighted by atomic mass is 32.2. The van der Waals surface area contributed by atoms with Gasteiger partial charge in [-0.05, 0) is 42.0 Å². The molecular formula is C14H8F3NS. The predicted octanol–water partition coefficient (Wildman–Crippen LogP) is 4.27. The number of hydrogen-bond acceptors (Lipinski definition) is 2. The summed E-state index contributed by atoms with van der Waals surface area (Å²) < 4.78 is 39.5. The lowest BCUT2D eigenvalue weighted by atomic mass is 10.1. The second-order valence-corrected chi connectivity index (χ2v) is 4.84. The largest absolute Gasteiger partial charge is 0.207 e. The Balaban J connectivity index is 2.17. The first-order valence-corrected chi connectivity index (χ1v) is 6.34. The van der Waals surface area contributed by atoms with Crippen LogP contribution in [-0.4, -0.2) is 0 Å². The smallest absolute Gasteiger partial charge is 0.136 e. The van der Waals surface area contributed by atoms with Gasteiger partial charge in [0, 0.05) is 10.6 Å². The van der Waals surface area contributed by atoms with Crippen LogP contribution in [0.1, 0.15) is 11.1 Å². The van der Waals surface area contributed by atoms with Gasteiger partial charge >= 0.3 is 0 Å². The molecule has 0 spiro atoms. The molecule has 0 amide bonds. The number of halogens is 3. The predicted molar refractivity (Wildman–Crippen MR) is 67.0 cm³/mol. The molecule has 0 saturated carbocycles. The van der Waals surface area contributed by atoms with Gasteiger partial charge in [0.15, 0.2) is 0 Å². The van der Waals surface area contributed by atoms with Gasteiger partial charge in [-0.15, -0.1) is 11.8 Å². The number of benzene rings is 2. The zero-order valence-electron chi connectivity index (χ0n) is 9.66. The second-order valence-electron chi connectivity index (χ2n) is 3.82. The standard InChI is InChI=1S/C14H8F3NS/c15-11-1-2-13(17)14(6-11)19-8-10-3-9(7-18)4-12(16)5-10/h1-6H,8H2. The van der Waals surface area contributed by atoms with E-state index in [2.05, 4.69) is 0 Å². The molecule has 0 aliphatic rings. The molecular weight excluding hydrogens is 271 g/mol. The molecule has 96 valence electrons. The molecule has 0 aliphatic carbocycles. The topological polar surface area (TPSA) is 23.8 Å². The first-order valence-electron chi connectivity index (χ1n) is 5.36. The van der Waals surface area contributed by atoms with E-state index < -0.39 is 17.5 Å². The van der Waals surface area contributed by atoms with E-state index in [0.717, 1.165) is 36.0 Å². The highest BCUT2D eigenvalue weighted by molar-refractivity contribution is 7.98. The Kier molecular flexibility index (Phi) is 4.13. The zero-order chi connectivity index (χ0) is 13.8. The molecule has 0 aliphatic heterocycles. The molecule has 0 bridgehead atoms. The van der Waals surface area contributed by atoms with Crippen LogP contribution in [0.15, 0.2) is 41.3 Å². The lowest BCUT2D eigenvalue weighted by molar-refractivity contribution is 0.577. The van der Waals surface area contributed by atoms with Crippen molar-refractivity contribution in [1.82, 2.24) is 0 Å². The van der Waals surface area contributed by atoms with Crippen LogP contribution in [0, 0.1) is 28.8 Å². The Labute approximate surface area is 112 Å². The highest BCUT2D eigenvalue weighted by Crippen LogP contribution is 2.26. The van der Waals surface area contributed by atoms with Crippen LogP contribution in [0.3, 0.4) is 0 Å². The van der Waals surface area contributed by atoms with Gasteiger partial charge in [-0.3, -0.25) is 0 Å². The van der Waals surface area contributed by atoms with Crippen molar-refractivity contribution in [3.05, 3.63) is 65.0 Å². The van der Waals surface area contributed by atoms with Gasteiger partial charge < -0.3 is 0 Å². The van der Waals surface area contributed by atoms with Crippen LogP contribution >= 0.6 is 11.8 Å². The van der Waals surface area contributed by atoms with Crippen molar-refractivity contribution in [2.45, 2.75) is 10.6 Å². The summed E-state index contributed by atoms with van der Waals surface area (Å²) in [4.78, 5) is 0.155. The third-order valence-corrected chi connectivity index (χ3v) is 3.48. The molecule has 0 atom stereocenters. The second kappa shape index (κ2) is 5.81. The van der Waals surface area contributed by atoms with Crippen molar-refractivity contribution in [2.24, 2.45) is 0 Å². The summed E-state index contributed by atoms with van der Waals surface area (Å²) in [6.07, 6.45) is 0. The molecule has 0 saturated heterocycles. The van der Waals surface area contributed by atoms with Crippen molar-refractivity contribution < 1.29 is 13.2 Å². The van der Waals surface area contributed by atoms with Gasteiger partial charge in [-0.25, -0.2) is 13.2 Å². The molecule has 0 radical (unpaired) electrons. The van der Waals surface area contributed by atoms with E-state index in [1.54, 1.807) is 0 Å². The molecule has 2 rings (SSSR count). The highest BCUT2D eigenvalue weighted by Gasteiger charge is 2.06. The maximum absolute atomic E-state index is 13.4. The zero-order valence-corrected chi connectivity index (χ0v) is 10.5. The fourth-order valence-corrected chi connectivity index (χ4v) is 2.44. The number of nitriles is 1. The van der Waals surface area contributed by atoms with Gasteiger partial charge in [0.1, 0.15) is 17.5 Å². The van der Waals surface area contributed by atoms with Crippen molar-refractivity contribution in [2.75, 3.05) is 0 Å². The Morgan fingerprint density at radius 2 is 1.79 bits per heavy atom. The minimum absolute atomic E-state index is 0.155. The van der Waals surface area contributed by atoms with Crippen LogP contribution in [0.5, 0.6) is 0 Å². The minimum Gasteiger partial charge on any atom is -0.207 e. The van der Waals surface area contributed by atoms with Crippen molar-refractivity contribution >= 4 is 11.8 Å².